The Morgan fingerprint density at radius 2 is 2.26 bits per heavy atom. The van der Waals surface area contributed by atoms with Crippen LogP contribution < -0.4 is 16.0 Å². The molecular formula is C12H15N5O2. The molecule has 2 aromatic rings. The van der Waals surface area contributed by atoms with Crippen molar-refractivity contribution in [2.24, 2.45) is 0 Å². The largest absolute Gasteiger partial charge is 0.397 e. The van der Waals surface area contributed by atoms with Crippen LogP contribution in [0.2, 0.25) is 0 Å². The SMILES string of the molecule is CCC1C(=O)NCCN1c1ccc(N)c2nonc12. The van der Waals surface area contributed by atoms with Gasteiger partial charge >= 0.3 is 0 Å². The average molecular weight is 261 g/mol. The maximum Gasteiger partial charge on any atom is 0.242 e. The number of fused-ring (bicyclic) bond motifs is 1. The molecule has 1 saturated heterocycles. The third-order valence-electron chi connectivity index (χ3n) is 3.45. The number of nitrogen functional groups attached to an aromatic ring is 1. The molecule has 1 aromatic heterocycles. The third-order valence-corrected chi connectivity index (χ3v) is 3.45. The van der Waals surface area contributed by atoms with Crippen LogP contribution in [0.15, 0.2) is 16.8 Å². The van der Waals surface area contributed by atoms with Crippen molar-refractivity contribution >= 4 is 28.3 Å². The van der Waals surface area contributed by atoms with Gasteiger partial charge in [0, 0.05) is 13.1 Å². The van der Waals surface area contributed by atoms with Crippen molar-refractivity contribution in [2.75, 3.05) is 23.7 Å². The number of nitrogens with zero attached hydrogens (tertiary/aromatic N) is 3. The number of benzene rings is 1. The monoisotopic (exact) mass is 261 g/mol. The van der Waals surface area contributed by atoms with Gasteiger partial charge in [-0.2, -0.15) is 0 Å². The molecule has 0 bridgehead atoms. The molecular weight excluding hydrogens is 246 g/mol. The molecule has 1 atom stereocenters. The highest BCUT2D eigenvalue weighted by molar-refractivity contribution is 5.97. The minimum atomic E-state index is -0.197. The molecule has 100 valence electrons. The summed E-state index contributed by atoms with van der Waals surface area (Å²) in [6, 6.07) is 3.43. The Labute approximate surface area is 109 Å². The highest BCUT2D eigenvalue weighted by Crippen LogP contribution is 2.30. The lowest BCUT2D eigenvalue weighted by Crippen LogP contribution is -2.55. The lowest BCUT2D eigenvalue weighted by Gasteiger charge is -2.36. The molecule has 7 heteroatoms. The molecule has 1 aliphatic heterocycles. The van der Waals surface area contributed by atoms with E-state index in [1.54, 1.807) is 6.07 Å². The van der Waals surface area contributed by atoms with E-state index < -0.39 is 0 Å². The fraction of sp³-hybridized carbons (Fsp3) is 0.417. The number of carbonyl (C=O) groups excluding carboxylic acids is 1. The van der Waals surface area contributed by atoms with Crippen LogP contribution in [0.3, 0.4) is 0 Å². The van der Waals surface area contributed by atoms with Gasteiger partial charge in [-0.15, -0.1) is 0 Å². The van der Waals surface area contributed by atoms with Gasteiger partial charge in [0.1, 0.15) is 6.04 Å². The van der Waals surface area contributed by atoms with Gasteiger partial charge in [-0.25, -0.2) is 4.63 Å². The van der Waals surface area contributed by atoms with Crippen LogP contribution in [0.4, 0.5) is 11.4 Å². The Morgan fingerprint density at radius 1 is 1.47 bits per heavy atom. The van der Waals surface area contributed by atoms with Crippen LogP contribution in [0, 0.1) is 0 Å². The van der Waals surface area contributed by atoms with Gasteiger partial charge < -0.3 is 16.0 Å². The predicted octanol–water partition coefficient (Wildman–Crippen LogP) is 0.520. The summed E-state index contributed by atoms with van der Waals surface area (Å²) in [5.74, 6) is 0.0372. The summed E-state index contributed by atoms with van der Waals surface area (Å²) in [6.45, 7) is 3.33. The molecule has 0 radical (unpaired) electrons. The van der Waals surface area contributed by atoms with Gasteiger partial charge in [0.15, 0.2) is 11.0 Å². The van der Waals surface area contributed by atoms with Gasteiger partial charge in [0.25, 0.3) is 0 Å². The van der Waals surface area contributed by atoms with E-state index in [1.165, 1.54) is 0 Å². The van der Waals surface area contributed by atoms with E-state index in [4.69, 9.17) is 10.4 Å². The highest BCUT2D eigenvalue weighted by Gasteiger charge is 2.30. The van der Waals surface area contributed by atoms with E-state index >= 15 is 0 Å². The van der Waals surface area contributed by atoms with Crippen molar-refractivity contribution in [2.45, 2.75) is 19.4 Å². The first-order valence-corrected chi connectivity index (χ1v) is 6.27. The van der Waals surface area contributed by atoms with Crippen LogP contribution in [0.25, 0.3) is 11.0 Å². The molecule has 1 amide bonds. The second kappa shape index (κ2) is 4.42. The summed E-state index contributed by atoms with van der Waals surface area (Å²) in [4.78, 5) is 13.9. The van der Waals surface area contributed by atoms with Crippen LogP contribution in [-0.4, -0.2) is 35.4 Å². The Kier molecular flexibility index (Phi) is 2.73. The zero-order valence-corrected chi connectivity index (χ0v) is 10.6. The molecule has 3 rings (SSSR count). The van der Waals surface area contributed by atoms with Gasteiger partial charge in [-0.1, -0.05) is 6.92 Å². The Morgan fingerprint density at radius 3 is 3.05 bits per heavy atom. The summed E-state index contributed by atoms with van der Waals surface area (Å²) >= 11 is 0. The van der Waals surface area contributed by atoms with Gasteiger partial charge in [-0.3, -0.25) is 4.79 Å². The van der Waals surface area contributed by atoms with Gasteiger partial charge in [-0.05, 0) is 28.9 Å². The Hall–Kier alpha value is -2.31. The molecule has 0 spiro atoms. The number of aromatic nitrogens is 2. The number of rotatable bonds is 2. The summed E-state index contributed by atoms with van der Waals surface area (Å²) in [6.07, 6.45) is 0.725. The van der Waals surface area contributed by atoms with Crippen LogP contribution in [0.1, 0.15) is 13.3 Å². The first kappa shape index (κ1) is 11.8. The fourth-order valence-electron chi connectivity index (χ4n) is 2.51. The lowest BCUT2D eigenvalue weighted by atomic mass is 10.1. The maximum atomic E-state index is 11.9. The standard InChI is InChI=1S/C12H15N5O2/c1-2-8-12(18)14-5-6-17(8)9-4-3-7(13)10-11(9)16-19-15-10/h3-4,8H,2,5-6,13H2,1H3,(H,14,18). The number of piperazine rings is 1. The van der Waals surface area contributed by atoms with E-state index in [0.717, 1.165) is 18.7 Å². The zero-order chi connectivity index (χ0) is 13.4. The molecule has 1 unspecified atom stereocenters. The van der Waals surface area contributed by atoms with Crippen molar-refractivity contribution in [1.82, 2.24) is 15.6 Å². The van der Waals surface area contributed by atoms with Crippen molar-refractivity contribution in [1.29, 1.82) is 0 Å². The Bertz CT molecular complexity index is 624. The lowest BCUT2D eigenvalue weighted by molar-refractivity contribution is -0.123. The molecule has 19 heavy (non-hydrogen) atoms. The van der Waals surface area contributed by atoms with Gasteiger partial charge in [0.2, 0.25) is 5.91 Å². The number of nitrogens with one attached hydrogen (secondary N) is 1. The number of anilines is 2. The Balaban J connectivity index is 2.10. The van der Waals surface area contributed by atoms with Crippen molar-refractivity contribution < 1.29 is 9.42 Å². The number of nitrogens with two attached hydrogens (primary N) is 1. The maximum absolute atomic E-state index is 11.9. The van der Waals surface area contributed by atoms with E-state index in [-0.39, 0.29) is 11.9 Å². The minimum absolute atomic E-state index is 0.0372. The highest BCUT2D eigenvalue weighted by atomic mass is 16.6. The molecule has 1 aliphatic rings. The first-order valence-electron chi connectivity index (χ1n) is 6.27. The molecule has 7 nitrogen and oxygen atoms in total. The zero-order valence-electron chi connectivity index (χ0n) is 10.6. The van der Waals surface area contributed by atoms with E-state index in [1.807, 2.05) is 17.9 Å². The first-order chi connectivity index (χ1) is 9.22. The van der Waals surface area contributed by atoms with E-state index in [0.29, 0.717) is 23.3 Å². The summed E-state index contributed by atoms with van der Waals surface area (Å²) in [5.41, 5.74) is 8.34. The third kappa shape index (κ3) is 1.78. The second-order valence-corrected chi connectivity index (χ2v) is 4.54. The molecule has 0 saturated carbocycles. The molecule has 2 heterocycles. The number of hydrogen-bond donors (Lipinski definition) is 2. The fourth-order valence-corrected chi connectivity index (χ4v) is 2.51. The minimum Gasteiger partial charge on any atom is -0.397 e. The van der Waals surface area contributed by atoms with E-state index in [9.17, 15) is 4.79 Å². The topological polar surface area (TPSA) is 97.3 Å². The number of carbonyl (C=O) groups is 1. The van der Waals surface area contributed by atoms with Crippen molar-refractivity contribution in [3.63, 3.8) is 0 Å². The summed E-state index contributed by atoms with van der Waals surface area (Å²) < 4.78 is 4.77. The van der Waals surface area contributed by atoms with Gasteiger partial charge in [0.05, 0.1) is 11.4 Å². The predicted molar refractivity (Wildman–Crippen MR) is 70.7 cm³/mol. The van der Waals surface area contributed by atoms with E-state index in [2.05, 4.69) is 15.6 Å². The summed E-state index contributed by atoms with van der Waals surface area (Å²) in [5, 5.41) is 10.6. The number of amides is 1. The molecule has 0 aliphatic carbocycles. The smallest absolute Gasteiger partial charge is 0.242 e. The van der Waals surface area contributed by atoms with Crippen molar-refractivity contribution in [3.8, 4) is 0 Å². The van der Waals surface area contributed by atoms with Crippen LogP contribution in [-0.2, 0) is 4.79 Å². The summed E-state index contributed by atoms with van der Waals surface area (Å²) in [7, 11) is 0. The van der Waals surface area contributed by atoms with Crippen LogP contribution >= 0.6 is 0 Å². The average Bonchev–Trinajstić information content (AvgIpc) is 2.89. The molecule has 1 aromatic carbocycles. The van der Waals surface area contributed by atoms with Crippen molar-refractivity contribution in [3.05, 3.63) is 12.1 Å². The second-order valence-electron chi connectivity index (χ2n) is 4.54. The molecule has 1 fully saturated rings. The molecule has 3 N–H and O–H groups in total. The quantitative estimate of drug-likeness (QED) is 0.765. The van der Waals surface area contributed by atoms with Crippen LogP contribution in [0.5, 0.6) is 0 Å². The number of hydrogen-bond acceptors (Lipinski definition) is 6. The normalized spacial score (nSPS) is 19.7.